The van der Waals surface area contributed by atoms with Crippen LogP contribution in [0.5, 0.6) is 0 Å². The molecule has 0 atom stereocenters. The van der Waals surface area contributed by atoms with Crippen molar-refractivity contribution in [3.05, 3.63) is 35.4 Å². The summed E-state index contributed by atoms with van der Waals surface area (Å²) in [4.78, 5) is 0. The summed E-state index contributed by atoms with van der Waals surface area (Å²) in [6.07, 6.45) is 5.25. The number of unbranched alkanes of at least 4 members (excludes halogenated alkanes) is 2. The number of rotatable bonds is 5. The average Bonchev–Trinajstić information content (AvgIpc) is 2.18. The van der Waals surface area contributed by atoms with Crippen molar-refractivity contribution in [3.63, 3.8) is 0 Å². The van der Waals surface area contributed by atoms with Crippen LogP contribution in [-0.4, -0.2) is 13.1 Å². The Hall–Kier alpha value is -0.530. The number of nitrogens with one attached hydrogen (secondary N) is 1. The third-order valence-corrected chi connectivity index (χ3v) is 3.30. The van der Waals surface area contributed by atoms with E-state index in [1.165, 1.54) is 36.8 Å². The van der Waals surface area contributed by atoms with Crippen molar-refractivity contribution in [2.45, 2.75) is 38.5 Å². The predicted octanol–water partition coefficient (Wildman–Crippen LogP) is 3.53. The maximum absolute atomic E-state index is 3.32. The smallest absolute Gasteiger partial charge is 0.00885 e. The van der Waals surface area contributed by atoms with Crippen LogP contribution < -0.4 is 5.32 Å². The lowest BCUT2D eigenvalue weighted by atomic mass is 9.92. The second-order valence-electron chi connectivity index (χ2n) is 4.55. The first-order chi connectivity index (χ1) is 7.40. The summed E-state index contributed by atoms with van der Waals surface area (Å²) in [6, 6.07) is 9.24. The van der Waals surface area contributed by atoms with Crippen molar-refractivity contribution >= 4 is 12.4 Å². The molecule has 1 nitrogen and oxygen atoms in total. The van der Waals surface area contributed by atoms with Gasteiger partial charge in [0, 0.05) is 19.0 Å². The molecular formula is C14H22ClN. The molecule has 2 heteroatoms. The molecule has 0 aromatic heterocycles. The van der Waals surface area contributed by atoms with Crippen molar-refractivity contribution < 1.29 is 0 Å². The van der Waals surface area contributed by atoms with E-state index in [-0.39, 0.29) is 12.4 Å². The van der Waals surface area contributed by atoms with E-state index < -0.39 is 0 Å². The Labute approximate surface area is 105 Å². The predicted molar refractivity (Wildman–Crippen MR) is 72.5 cm³/mol. The van der Waals surface area contributed by atoms with Crippen LogP contribution in [-0.2, 0) is 6.42 Å². The molecule has 0 aliphatic carbocycles. The van der Waals surface area contributed by atoms with Gasteiger partial charge in [0.2, 0.25) is 0 Å². The van der Waals surface area contributed by atoms with Crippen LogP contribution in [0.2, 0.25) is 0 Å². The van der Waals surface area contributed by atoms with Crippen LogP contribution in [0, 0.1) is 0 Å². The number of aryl methyl sites for hydroxylation is 1. The van der Waals surface area contributed by atoms with Crippen molar-refractivity contribution in [1.82, 2.24) is 5.32 Å². The Morgan fingerprint density at radius 3 is 2.31 bits per heavy atom. The number of hydrogen-bond acceptors (Lipinski definition) is 1. The van der Waals surface area contributed by atoms with E-state index in [4.69, 9.17) is 0 Å². The summed E-state index contributed by atoms with van der Waals surface area (Å²) >= 11 is 0. The van der Waals surface area contributed by atoms with Gasteiger partial charge in [-0.25, -0.2) is 0 Å². The summed E-state index contributed by atoms with van der Waals surface area (Å²) in [5.74, 6) is 0.773. The lowest BCUT2D eigenvalue weighted by Crippen LogP contribution is -2.39. The number of hydrogen-bond donors (Lipinski definition) is 1. The fraction of sp³-hybridized carbons (Fsp3) is 0.571. The fourth-order valence-corrected chi connectivity index (χ4v) is 2.06. The highest BCUT2D eigenvalue weighted by Gasteiger charge is 2.17. The average molecular weight is 240 g/mol. The summed E-state index contributed by atoms with van der Waals surface area (Å²) in [7, 11) is 0. The van der Waals surface area contributed by atoms with Crippen LogP contribution in [0.3, 0.4) is 0 Å². The van der Waals surface area contributed by atoms with Crippen LogP contribution in [0.15, 0.2) is 24.3 Å². The van der Waals surface area contributed by atoms with E-state index in [2.05, 4.69) is 36.5 Å². The van der Waals surface area contributed by atoms with E-state index in [9.17, 15) is 0 Å². The van der Waals surface area contributed by atoms with Gasteiger partial charge in [-0.05, 0) is 24.0 Å². The zero-order chi connectivity index (χ0) is 10.5. The van der Waals surface area contributed by atoms with Gasteiger partial charge in [0.05, 0.1) is 0 Å². The highest BCUT2D eigenvalue weighted by atomic mass is 35.5. The quantitative estimate of drug-likeness (QED) is 0.776. The largest absolute Gasteiger partial charge is 0.315 e. The van der Waals surface area contributed by atoms with Crippen molar-refractivity contribution in [2.75, 3.05) is 13.1 Å². The molecule has 0 unspecified atom stereocenters. The van der Waals surface area contributed by atoms with Gasteiger partial charge in [-0.1, -0.05) is 44.0 Å². The molecule has 1 heterocycles. The van der Waals surface area contributed by atoms with Crippen molar-refractivity contribution in [3.8, 4) is 0 Å². The molecular weight excluding hydrogens is 218 g/mol. The lowest BCUT2D eigenvalue weighted by molar-refractivity contribution is 0.448. The molecule has 0 saturated carbocycles. The molecule has 1 fully saturated rings. The SMILES string of the molecule is CCCCCc1ccc(C2CNC2)cc1.Cl. The standard InChI is InChI=1S/C14H21N.ClH/c1-2-3-4-5-12-6-8-13(9-7-12)14-10-15-11-14;/h6-9,14-15H,2-5,10-11H2,1H3;1H. The van der Waals surface area contributed by atoms with Gasteiger partial charge in [-0.2, -0.15) is 0 Å². The first-order valence-corrected chi connectivity index (χ1v) is 6.19. The number of benzene rings is 1. The van der Waals surface area contributed by atoms with Crippen molar-refractivity contribution in [2.24, 2.45) is 0 Å². The Bertz CT molecular complexity index is 290. The molecule has 1 aromatic rings. The van der Waals surface area contributed by atoms with E-state index in [1.54, 1.807) is 0 Å². The Morgan fingerprint density at radius 2 is 1.81 bits per heavy atom. The Kier molecular flexibility index (Phi) is 5.86. The molecule has 0 spiro atoms. The van der Waals surface area contributed by atoms with Gasteiger partial charge in [0.25, 0.3) is 0 Å². The van der Waals surface area contributed by atoms with E-state index in [0.29, 0.717) is 0 Å². The van der Waals surface area contributed by atoms with Crippen molar-refractivity contribution in [1.29, 1.82) is 0 Å². The first-order valence-electron chi connectivity index (χ1n) is 6.19. The van der Waals surface area contributed by atoms with Gasteiger partial charge in [-0.3, -0.25) is 0 Å². The van der Waals surface area contributed by atoms with E-state index >= 15 is 0 Å². The molecule has 1 saturated heterocycles. The third-order valence-electron chi connectivity index (χ3n) is 3.30. The van der Waals surface area contributed by atoms with Gasteiger partial charge >= 0.3 is 0 Å². The second kappa shape index (κ2) is 6.93. The minimum Gasteiger partial charge on any atom is -0.315 e. The molecule has 0 amide bonds. The molecule has 1 aliphatic rings. The van der Waals surface area contributed by atoms with Gasteiger partial charge in [0.15, 0.2) is 0 Å². The highest BCUT2D eigenvalue weighted by Crippen LogP contribution is 2.20. The molecule has 0 radical (unpaired) electrons. The van der Waals surface area contributed by atoms with Gasteiger partial charge in [-0.15, -0.1) is 12.4 Å². The van der Waals surface area contributed by atoms with Gasteiger partial charge < -0.3 is 5.32 Å². The zero-order valence-electron chi connectivity index (χ0n) is 10.0. The normalized spacial score (nSPS) is 15.3. The minimum atomic E-state index is 0. The van der Waals surface area contributed by atoms with Crippen LogP contribution >= 0.6 is 12.4 Å². The molecule has 1 N–H and O–H groups in total. The van der Waals surface area contributed by atoms with Crippen LogP contribution in [0.4, 0.5) is 0 Å². The molecule has 1 aliphatic heterocycles. The minimum absolute atomic E-state index is 0. The second-order valence-corrected chi connectivity index (χ2v) is 4.55. The third kappa shape index (κ3) is 3.50. The monoisotopic (exact) mass is 239 g/mol. The summed E-state index contributed by atoms with van der Waals surface area (Å²) < 4.78 is 0. The lowest BCUT2D eigenvalue weighted by Gasteiger charge is -2.27. The molecule has 1 aromatic carbocycles. The molecule has 90 valence electrons. The first kappa shape index (κ1) is 13.5. The van der Waals surface area contributed by atoms with Crippen LogP contribution in [0.25, 0.3) is 0 Å². The van der Waals surface area contributed by atoms with Gasteiger partial charge in [0.1, 0.15) is 0 Å². The van der Waals surface area contributed by atoms with E-state index in [0.717, 1.165) is 19.0 Å². The Balaban J connectivity index is 0.00000128. The molecule has 0 bridgehead atoms. The Morgan fingerprint density at radius 1 is 1.12 bits per heavy atom. The topological polar surface area (TPSA) is 12.0 Å². The summed E-state index contributed by atoms with van der Waals surface area (Å²) in [6.45, 7) is 4.58. The zero-order valence-corrected chi connectivity index (χ0v) is 10.9. The summed E-state index contributed by atoms with van der Waals surface area (Å²) in [5.41, 5.74) is 3.01. The molecule has 16 heavy (non-hydrogen) atoms. The fourth-order valence-electron chi connectivity index (χ4n) is 2.06. The van der Waals surface area contributed by atoms with E-state index in [1.807, 2.05) is 0 Å². The highest BCUT2D eigenvalue weighted by molar-refractivity contribution is 5.85. The number of halogens is 1. The maximum Gasteiger partial charge on any atom is 0.00885 e. The molecule has 2 rings (SSSR count). The summed E-state index contributed by atoms with van der Waals surface area (Å²) in [5, 5.41) is 3.32. The maximum atomic E-state index is 3.32. The van der Waals surface area contributed by atoms with Crippen LogP contribution in [0.1, 0.15) is 43.2 Å².